The molecular formula is C25H36O6. The molecule has 4 aliphatic rings. The lowest BCUT2D eigenvalue weighted by Crippen LogP contribution is -2.62. The van der Waals surface area contributed by atoms with Gasteiger partial charge in [0.05, 0.1) is 19.1 Å². The predicted molar refractivity (Wildman–Crippen MR) is 114 cm³/mol. The third kappa shape index (κ3) is 3.12. The van der Waals surface area contributed by atoms with Crippen molar-refractivity contribution in [3.8, 4) is 0 Å². The van der Waals surface area contributed by atoms with E-state index < -0.39 is 23.0 Å². The summed E-state index contributed by atoms with van der Waals surface area (Å²) in [7, 11) is 1.40. The summed E-state index contributed by atoms with van der Waals surface area (Å²) in [5.74, 6) is -0.940. The van der Waals surface area contributed by atoms with Gasteiger partial charge in [-0.1, -0.05) is 32.4 Å². The first kappa shape index (κ1) is 22.5. The second-order valence-electron chi connectivity index (χ2n) is 10.9. The summed E-state index contributed by atoms with van der Waals surface area (Å²) in [4.78, 5) is 37.4. The Morgan fingerprint density at radius 2 is 1.94 bits per heavy atom. The van der Waals surface area contributed by atoms with E-state index in [2.05, 4.69) is 13.8 Å². The van der Waals surface area contributed by atoms with Crippen LogP contribution in [0, 0.1) is 34.5 Å². The molecule has 3 fully saturated rings. The molecule has 0 amide bonds. The fourth-order valence-corrected chi connectivity index (χ4v) is 7.68. The van der Waals surface area contributed by atoms with Gasteiger partial charge in [-0.05, 0) is 55.8 Å². The highest BCUT2D eigenvalue weighted by molar-refractivity contribution is 5.84. The van der Waals surface area contributed by atoms with Gasteiger partial charge < -0.3 is 14.6 Å². The first-order valence-electron chi connectivity index (χ1n) is 11.7. The number of Topliss-reactive ketones (excluding diaryl/α,β-unsaturated/α-hetero) is 1. The molecule has 3 saturated carbocycles. The number of aliphatic hydroxyl groups excluding tert-OH is 1. The monoisotopic (exact) mass is 432 g/mol. The molecular weight excluding hydrogens is 396 g/mol. The number of esters is 2. The Kier molecular flexibility index (Phi) is 5.39. The molecule has 0 saturated heterocycles. The van der Waals surface area contributed by atoms with Gasteiger partial charge in [0, 0.05) is 24.7 Å². The van der Waals surface area contributed by atoms with Crippen LogP contribution in [-0.2, 0) is 23.9 Å². The number of allylic oxidation sites excluding steroid dienone is 1. The maximum atomic E-state index is 12.9. The minimum absolute atomic E-state index is 0.106. The van der Waals surface area contributed by atoms with Gasteiger partial charge in [0.25, 0.3) is 0 Å². The standard InChI is InChI=1S/C25H36O6/c1-6-19(28)31-25(4)10-8-17-20-16(22(29)30-5)12-14-11-15(26)7-9-23(14,2)21(20)18(27)13-24(17,25)3/h12,16-18,20-21,27H,6-11,13H2,1-5H3/t16-,17?,18-,20?,21?,23+,24+,25+/m1/s1. The molecule has 6 heteroatoms. The quantitative estimate of drug-likeness (QED) is 0.541. The van der Waals surface area contributed by atoms with E-state index in [4.69, 9.17) is 9.47 Å². The smallest absolute Gasteiger partial charge is 0.312 e. The molecule has 1 N–H and O–H groups in total. The third-order valence-electron chi connectivity index (χ3n) is 9.56. The Balaban J connectivity index is 1.81. The lowest BCUT2D eigenvalue weighted by molar-refractivity contribution is -0.199. The van der Waals surface area contributed by atoms with Crippen molar-refractivity contribution in [2.24, 2.45) is 34.5 Å². The van der Waals surface area contributed by atoms with Crippen LogP contribution in [0.4, 0.5) is 0 Å². The number of hydrogen-bond acceptors (Lipinski definition) is 6. The number of ether oxygens (including phenoxy) is 2. The minimum Gasteiger partial charge on any atom is -0.469 e. The van der Waals surface area contributed by atoms with Gasteiger partial charge >= 0.3 is 11.9 Å². The SMILES string of the molecule is CCC(=O)O[C@@]1(C)CCC2C3C([C@H](O)C[C@@]21C)[C@@]1(C)CCC(=O)CC1=C[C@H]3C(=O)OC. The summed E-state index contributed by atoms with van der Waals surface area (Å²) >= 11 is 0. The zero-order valence-corrected chi connectivity index (χ0v) is 19.4. The number of methoxy groups -OCH3 is 1. The van der Waals surface area contributed by atoms with Crippen LogP contribution in [0.2, 0.25) is 0 Å². The first-order chi connectivity index (χ1) is 14.5. The molecule has 0 aromatic heterocycles. The number of fused-ring (bicyclic) bond motifs is 5. The van der Waals surface area contributed by atoms with Crippen molar-refractivity contribution < 1.29 is 29.0 Å². The molecule has 3 unspecified atom stereocenters. The van der Waals surface area contributed by atoms with E-state index in [0.29, 0.717) is 32.1 Å². The first-order valence-corrected chi connectivity index (χ1v) is 11.7. The summed E-state index contributed by atoms with van der Waals surface area (Å²) < 4.78 is 11.2. The second-order valence-corrected chi connectivity index (χ2v) is 10.9. The lowest BCUT2D eigenvalue weighted by Gasteiger charge is -2.61. The molecule has 31 heavy (non-hydrogen) atoms. The number of aliphatic hydroxyl groups is 1. The lowest BCUT2D eigenvalue weighted by atomic mass is 9.44. The van der Waals surface area contributed by atoms with Gasteiger partial charge in [-0.15, -0.1) is 0 Å². The summed E-state index contributed by atoms with van der Waals surface area (Å²) in [5.41, 5.74) is -0.425. The Morgan fingerprint density at radius 1 is 1.23 bits per heavy atom. The van der Waals surface area contributed by atoms with Gasteiger partial charge in [0.15, 0.2) is 0 Å². The average Bonchev–Trinajstić information content (AvgIpc) is 2.97. The number of rotatable bonds is 3. The molecule has 0 bridgehead atoms. The van der Waals surface area contributed by atoms with Crippen LogP contribution in [0.1, 0.15) is 72.6 Å². The second kappa shape index (κ2) is 7.43. The molecule has 0 radical (unpaired) electrons. The largest absolute Gasteiger partial charge is 0.469 e. The van der Waals surface area contributed by atoms with Crippen LogP contribution in [0.25, 0.3) is 0 Å². The minimum atomic E-state index is -0.676. The molecule has 0 heterocycles. The molecule has 0 aromatic carbocycles. The van der Waals surface area contributed by atoms with Crippen LogP contribution in [0.15, 0.2) is 11.6 Å². The maximum absolute atomic E-state index is 12.9. The molecule has 0 spiro atoms. The fraction of sp³-hybridized carbons (Fsp3) is 0.800. The summed E-state index contributed by atoms with van der Waals surface area (Å²) in [6.45, 7) is 8.06. The molecule has 0 aliphatic heterocycles. The zero-order valence-electron chi connectivity index (χ0n) is 19.4. The van der Waals surface area contributed by atoms with E-state index in [9.17, 15) is 19.5 Å². The van der Waals surface area contributed by atoms with Crippen molar-refractivity contribution >= 4 is 17.7 Å². The van der Waals surface area contributed by atoms with Crippen molar-refractivity contribution in [1.29, 1.82) is 0 Å². The number of ketones is 1. The van der Waals surface area contributed by atoms with Gasteiger partial charge in [0.1, 0.15) is 11.4 Å². The van der Waals surface area contributed by atoms with E-state index in [-0.39, 0.29) is 40.9 Å². The van der Waals surface area contributed by atoms with Crippen LogP contribution in [0.5, 0.6) is 0 Å². The summed E-state index contributed by atoms with van der Waals surface area (Å²) in [6, 6.07) is 0. The van der Waals surface area contributed by atoms with Gasteiger partial charge in [-0.2, -0.15) is 0 Å². The molecule has 172 valence electrons. The normalized spacial score (nSPS) is 46.3. The van der Waals surface area contributed by atoms with Crippen LogP contribution in [0.3, 0.4) is 0 Å². The van der Waals surface area contributed by atoms with Crippen molar-refractivity contribution in [2.75, 3.05) is 7.11 Å². The molecule has 0 aromatic rings. The van der Waals surface area contributed by atoms with E-state index >= 15 is 0 Å². The van der Waals surface area contributed by atoms with E-state index in [0.717, 1.165) is 18.4 Å². The number of hydrogen-bond donors (Lipinski definition) is 1. The Labute approximate surface area is 184 Å². The highest BCUT2D eigenvalue weighted by Gasteiger charge is 2.68. The average molecular weight is 433 g/mol. The summed E-state index contributed by atoms with van der Waals surface area (Å²) in [5, 5.41) is 11.6. The third-order valence-corrected chi connectivity index (χ3v) is 9.56. The molecule has 6 nitrogen and oxygen atoms in total. The van der Waals surface area contributed by atoms with Crippen LogP contribution in [-0.4, -0.2) is 41.6 Å². The van der Waals surface area contributed by atoms with E-state index in [1.165, 1.54) is 7.11 Å². The van der Waals surface area contributed by atoms with Gasteiger partial charge in [-0.25, -0.2) is 0 Å². The number of carbonyl (C=O) groups excluding carboxylic acids is 3. The highest BCUT2D eigenvalue weighted by atomic mass is 16.6. The van der Waals surface area contributed by atoms with Crippen molar-refractivity contribution in [1.82, 2.24) is 0 Å². The van der Waals surface area contributed by atoms with E-state index in [1.54, 1.807) is 6.92 Å². The maximum Gasteiger partial charge on any atom is 0.312 e. The zero-order chi connectivity index (χ0) is 22.8. The van der Waals surface area contributed by atoms with Crippen LogP contribution >= 0.6 is 0 Å². The Hall–Kier alpha value is -1.69. The highest BCUT2D eigenvalue weighted by Crippen LogP contribution is 2.68. The van der Waals surface area contributed by atoms with Gasteiger partial charge in [0.2, 0.25) is 0 Å². The predicted octanol–water partition coefficient (Wildman–Crippen LogP) is 3.60. The Morgan fingerprint density at radius 3 is 2.58 bits per heavy atom. The van der Waals surface area contributed by atoms with Crippen molar-refractivity contribution in [3.05, 3.63) is 11.6 Å². The van der Waals surface area contributed by atoms with Crippen molar-refractivity contribution in [3.63, 3.8) is 0 Å². The topological polar surface area (TPSA) is 89.9 Å². The fourth-order valence-electron chi connectivity index (χ4n) is 7.68. The molecule has 4 rings (SSSR count). The molecule has 4 aliphatic carbocycles. The Bertz CT molecular complexity index is 832. The van der Waals surface area contributed by atoms with E-state index in [1.807, 2.05) is 13.0 Å². The van der Waals surface area contributed by atoms with Crippen LogP contribution < -0.4 is 0 Å². The number of carbonyl (C=O) groups is 3. The molecule has 8 atom stereocenters. The van der Waals surface area contributed by atoms with Gasteiger partial charge in [-0.3, -0.25) is 14.4 Å². The van der Waals surface area contributed by atoms with Crippen molar-refractivity contribution in [2.45, 2.75) is 84.3 Å². The summed E-state index contributed by atoms with van der Waals surface area (Å²) in [6.07, 6.45) is 5.31.